The number of esters is 1. The van der Waals surface area contributed by atoms with Crippen molar-refractivity contribution in [3.63, 3.8) is 0 Å². The molecule has 0 atom stereocenters. The molecule has 1 heterocycles. The van der Waals surface area contributed by atoms with Gasteiger partial charge in [0, 0.05) is 12.1 Å². The second-order valence-corrected chi connectivity index (χ2v) is 9.95. The molecule has 34 heavy (non-hydrogen) atoms. The molecule has 0 amide bonds. The van der Waals surface area contributed by atoms with E-state index in [9.17, 15) is 18.0 Å². The topological polar surface area (TPSA) is 109 Å². The number of carbonyl (C=O) groups is 1. The third-order valence-electron chi connectivity index (χ3n) is 5.23. The summed E-state index contributed by atoms with van der Waals surface area (Å²) < 4.78 is 32.5. The number of hydrogen-bond donors (Lipinski definition) is 1. The first-order chi connectivity index (χ1) is 16.2. The van der Waals surface area contributed by atoms with Crippen LogP contribution in [0.2, 0.25) is 5.02 Å². The number of aromatic amines is 1. The quantitative estimate of drug-likeness (QED) is 0.402. The molecule has 0 spiro atoms. The molecule has 0 aliphatic rings. The van der Waals surface area contributed by atoms with Crippen LogP contribution in [-0.4, -0.2) is 31.4 Å². The predicted octanol–water partition coefficient (Wildman–Crippen LogP) is 4.07. The summed E-state index contributed by atoms with van der Waals surface area (Å²) in [6.07, 6.45) is 0. The van der Waals surface area contributed by atoms with E-state index < -0.39 is 16.0 Å². The van der Waals surface area contributed by atoms with Crippen LogP contribution in [0.1, 0.15) is 21.7 Å². The lowest BCUT2D eigenvalue weighted by molar-refractivity contribution is 0.0462. The molecule has 0 unspecified atom stereocenters. The van der Waals surface area contributed by atoms with Crippen molar-refractivity contribution in [2.75, 3.05) is 11.4 Å². The van der Waals surface area contributed by atoms with Crippen molar-refractivity contribution in [1.82, 2.24) is 9.97 Å². The van der Waals surface area contributed by atoms with E-state index in [0.717, 1.165) is 9.87 Å². The molecule has 1 N–H and O–H groups in total. The SMILES string of the molecule is Cc1cccc2c(=O)[nH]c(COC(=O)c3cccc(S(=O)(=O)N(C)c4cccc(Cl)c4)c3)nc12. The van der Waals surface area contributed by atoms with E-state index in [2.05, 4.69) is 9.97 Å². The van der Waals surface area contributed by atoms with E-state index >= 15 is 0 Å². The van der Waals surface area contributed by atoms with Gasteiger partial charge in [0.05, 0.1) is 27.0 Å². The number of anilines is 1. The van der Waals surface area contributed by atoms with Crippen LogP contribution in [0.15, 0.2) is 76.4 Å². The molecule has 3 aromatic carbocycles. The summed E-state index contributed by atoms with van der Waals surface area (Å²) in [7, 11) is -2.56. The van der Waals surface area contributed by atoms with E-state index in [4.69, 9.17) is 16.3 Å². The zero-order chi connectivity index (χ0) is 24.5. The van der Waals surface area contributed by atoms with Crippen molar-refractivity contribution in [3.05, 3.63) is 99.1 Å². The zero-order valence-corrected chi connectivity index (χ0v) is 19.9. The Balaban J connectivity index is 1.55. The first kappa shape index (κ1) is 23.5. The molecule has 1 aromatic heterocycles. The molecule has 0 aliphatic carbocycles. The lowest BCUT2D eigenvalue weighted by atomic mass is 10.1. The Hall–Kier alpha value is -3.69. The molecule has 0 saturated carbocycles. The molecule has 4 rings (SSSR count). The molecule has 0 fully saturated rings. The van der Waals surface area contributed by atoms with Gasteiger partial charge in [-0.05, 0) is 55.0 Å². The van der Waals surface area contributed by atoms with E-state index in [0.29, 0.717) is 21.6 Å². The van der Waals surface area contributed by atoms with Crippen LogP contribution in [0.5, 0.6) is 0 Å². The third kappa shape index (κ3) is 4.66. The van der Waals surface area contributed by atoms with Crippen molar-refractivity contribution in [3.8, 4) is 0 Å². The highest BCUT2D eigenvalue weighted by molar-refractivity contribution is 7.92. The fraction of sp³-hybridized carbons (Fsp3) is 0.125. The summed E-state index contributed by atoms with van der Waals surface area (Å²) in [4.78, 5) is 31.8. The number of nitrogens with one attached hydrogen (secondary N) is 1. The van der Waals surface area contributed by atoms with E-state index in [1.54, 1.807) is 30.3 Å². The summed E-state index contributed by atoms with van der Waals surface area (Å²) in [6.45, 7) is 1.55. The average Bonchev–Trinajstić information content (AvgIpc) is 2.83. The number of hydrogen-bond acceptors (Lipinski definition) is 6. The van der Waals surface area contributed by atoms with Crippen molar-refractivity contribution in [2.24, 2.45) is 0 Å². The molecule has 174 valence electrons. The van der Waals surface area contributed by atoms with Crippen LogP contribution < -0.4 is 9.86 Å². The standard InChI is InChI=1S/C24H20ClN3O5S/c1-15-6-3-11-20-22(15)26-21(27-23(20)29)14-33-24(30)16-7-4-10-19(12-16)34(31,32)28(2)18-9-5-8-17(25)13-18/h3-13H,14H2,1-2H3,(H,26,27,29). The van der Waals surface area contributed by atoms with Gasteiger partial charge in [-0.3, -0.25) is 9.10 Å². The number of nitrogens with zero attached hydrogens (tertiary/aromatic N) is 2. The number of aryl methyl sites for hydroxylation is 1. The summed E-state index contributed by atoms with van der Waals surface area (Å²) >= 11 is 5.98. The van der Waals surface area contributed by atoms with Crippen molar-refractivity contribution in [1.29, 1.82) is 0 Å². The van der Waals surface area contributed by atoms with Crippen molar-refractivity contribution in [2.45, 2.75) is 18.4 Å². The van der Waals surface area contributed by atoms with Crippen LogP contribution in [0.3, 0.4) is 0 Å². The lowest BCUT2D eigenvalue weighted by Gasteiger charge is -2.20. The number of rotatable bonds is 6. The number of ether oxygens (including phenoxy) is 1. The summed E-state index contributed by atoms with van der Waals surface area (Å²) in [5, 5.41) is 0.837. The Kier molecular flexibility index (Phi) is 6.41. The molecular weight excluding hydrogens is 478 g/mol. The van der Waals surface area contributed by atoms with Gasteiger partial charge < -0.3 is 9.72 Å². The van der Waals surface area contributed by atoms with E-state index in [1.165, 1.54) is 37.4 Å². The highest BCUT2D eigenvalue weighted by Crippen LogP contribution is 2.25. The van der Waals surface area contributed by atoms with Crippen molar-refractivity contribution < 1.29 is 17.9 Å². The van der Waals surface area contributed by atoms with Crippen LogP contribution >= 0.6 is 11.6 Å². The smallest absolute Gasteiger partial charge is 0.338 e. The number of aromatic nitrogens is 2. The second-order valence-electron chi connectivity index (χ2n) is 7.54. The molecule has 10 heteroatoms. The van der Waals surface area contributed by atoms with Gasteiger partial charge in [-0.2, -0.15) is 0 Å². The minimum Gasteiger partial charge on any atom is -0.454 e. The Morgan fingerprint density at radius 3 is 2.59 bits per heavy atom. The molecule has 0 aliphatic heterocycles. The van der Waals surface area contributed by atoms with Gasteiger partial charge in [0.1, 0.15) is 12.4 Å². The largest absolute Gasteiger partial charge is 0.454 e. The number of sulfonamides is 1. The van der Waals surface area contributed by atoms with Crippen LogP contribution in [0, 0.1) is 6.92 Å². The summed E-state index contributed by atoms with van der Waals surface area (Å²) in [5.41, 5.74) is 1.42. The first-order valence-electron chi connectivity index (χ1n) is 10.2. The number of para-hydroxylation sites is 1. The van der Waals surface area contributed by atoms with Crippen LogP contribution in [0.4, 0.5) is 5.69 Å². The fourth-order valence-corrected chi connectivity index (χ4v) is 4.81. The van der Waals surface area contributed by atoms with E-state index in [1.807, 2.05) is 13.0 Å². The summed E-state index contributed by atoms with van der Waals surface area (Å²) in [6, 6.07) is 17.2. The van der Waals surface area contributed by atoms with Gasteiger partial charge in [0.15, 0.2) is 0 Å². The number of carbonyl (C=O) groups excluding carboxylic acids is 1. The zero-order valence-electron chi connectivity index (χ0n) is 18.3. The minimum atomic E-state index is -3.96. The molecule has 0 bridgehead atoms. The second kappa shape index (κ2) is 9.28. The first-order valence-corrected chi connectivity index (χ1v) is 12.0. The fourth-order valence-electron chi connectivity index (χ4n) is 3.39. The van der Waals surface area contributed by atoms with Gasteiger partial charge in [0.2, 0.25) is 0 Å². The number of fused-ring (bicyclic) bond motifs is 1. The predicted molar refractivity (Wildman–Crippen MR) is 130 cm³/mol. The highest BCUT2D eigenvalue weighted by Gasteiger charge is 2.23. The maximum absolute atomic E-state index is 13.1. The Labute approximate surface area is 200 Å². The Bertz CT molecular complexity index is 1570. The van der Waals surface area contributed by atoms with Gasteiger partial charge in [0.25, 0.3) is 15.6 Å². The number of halogens is 1. The Morgan fingerprint density at radius 1 is 1.09 bits per heavy atom. The minimum absolute atomic E-state index is 0.0416. The number of benzene rings is 3. The number of H-pyrrole nitrogens is 1. The Morgan fingerprint density at radius 2 is 1.82 bits per heavy atom. The molecule has 0 radical (unpaired) electrons. The van der Waals surface area contributed by atoms with Gasteiger partial charge in [-0.15, -0.1) is 0 Å². The molecule has 8 nitrogen and oxygen atoms in total. The summed E-state index contributed by atoms with van der Waals surface area (Å²) in [5.74, 6) is -0.570. The van der Waals surface area contributed by atoms with E-state index in [-0.39, 0.29) is 28.4 Å². The molecule has 0 saturated heterocycles. The van der Waals surface area contributed by atoms with Gasteiger partial charge >= 0.3 is 5.97 Å². The highest BCUT2D eigenvalue weighted by atomic mass is 35.5. The third-order valence-corrected chi connectivity index (χ3v) is 7.24. The lowest BCUT2D eigenvalue weighted by Crippen LogP contribution is -2.26. The maximum Gasteiger partial charge on any atom is 0.338 e. The van der Waals surface area contributed by atoms with Crippen LogP contribution in [-0.2, 0) is 21.4 Å². The normalized spacial score (nSPS) is 11.4. The molecular formula is C24H20ClN3O5S. The van der Waals surface area contributed by atoms with Gasteiger partial charge in [-0.1, -0.05) is 35.9 Å². The van der Waals surface area contributed by atoms with Gasteiger partial charge in [-0.25, -0.2) is 18.2 Å². The van der Waals surface area contributed by atoms with Crippen molar-refractivity contribution >= 4 is 44.2 Å². The average molecular weight is 498 g/mol. The van der Waals surface area contributed by atoms with Crippen LogP contribution in [0.25, 0.3) is 10.9 Å². The monoisotopic (exact) mass is 497 g/mol. The molecule has 4 aromatic rings. The maximum atomic E-state index is 13.1.